The molecule has 34 heavy (non-hydrogen) atoms. The van der Waals surface area contributed by atoms with Crippen LogP contribution in [0.5, 0.6) is 0 Å². The SMILES string of the molecule is C=C(/C=C\C(=C/C)C1/C=C\C=C/C(C)C=C1C)[C@H](C(C)(C)C(C)C)[N+](C)(C)/C=C\CCCCC. The van der Waals surface area contributed by atoms with Crippen LogP contribution in [0.15, 0.2) is 84.2 Å². The quantitative estimate of drug-likeness (QED) is 0.117. The summed E-state index contributed by atoms with van der Waals surface area (Å²) in [6.45, 7) is 23.0. The molecule has 1 aliphatic carbocycles. The summed E-state index contributed by atoms with van der Waals surface area (Å²) in [4.78, 5) is 0. The van der Waals surface area contributed by atoms with Gasteiger partial charge in [-0.05, 0) is 50.2 Å². The van der Waals surface area contributed by atoms with Crippen LogP contribution in [0, 0.1) is 23.2 Å². The second-order valence-corrected chi connectivity index (χ2v) is 11.6. The van der Waals surface area contributed by atoms with E-state index in [0.717, 1.165) is 10.9 Å². The van der Waals surface area contributed by atoms with Gasteiger partial charge in [0.15, 0.2) is 0 Å². The maximum Gasteiger partial charge on any atom is 0.123 e. The highest BCUT2D eigenvalue weighted by Gasteiger charge is 2.43. The van der Waals surface area contributed by atoms with Crippen LogP contribution in [0.25, 0.3) is 0 Å². The van der Waals surface area contributed by atoms with Gasteiger partial charge in [-0.3, -0.25) is 4.48 Å². The summed E-state index contributed by atoms with van der Waals surface area (Å²) in [6, 6.07) is 0.289. The average Bonchev–Trinajstić information content (AvgIpc) is 2.73. The molecule has 0 heterocycles. The first kappa shape index (κ1) is 30.2. The van der Waals surface area contributed by atoms with E-state index in [1.165, 1.54) is 36.0 Å². The molecule has 3 atom stereocenters. The molecule has 0 saturated heterocycles. The van der Waals surface area contributed by atoms with Crippen LogP contribution in [0.4, 0.5) is 0 Å². The summed E-state index contributed by atoms with van der Waals surface area (Å²) in [7, 11) is 4.66. The first-order chi connectivity index (χ1) is 15.9. The Morgan fingerprint density at radius 2 is 1.76 bits per heavy atom. The molecule has 0 aromatic heterocycles. The normalized spacial score (nSPS) is 23.1. The molecule has 1 heteroatoms. The average molecular weight is 465 g/mol. The number of allylic oxidation sites excluding steroid dienone is 10. The zero-order valence-electron chi connectivity index (χ0n) is 24.1. The minimum Gasteiger partial charge on any atom is -0.296 e. The number of likely N-dealkylation sites (N-methyl/N-ethyl adjacent to an activating group) is 1. The molecule has 0 saturated carbocycles. The third-order valence-electron chi connectivity index (χ3n) is 7.70. The zero-order valence-corrected chi connectivity index (χ0v) is 24.1. The lowest BCUT2D eigenvalue weighted by Gasteiger charge is -2.46. The monoisotopic (exact) mass is 464 g/mol. The first-order valence-corrected chi connectivity index (χ1v) is 13.5. The third-order valence-corrected chi connectivity index (χ3v) is 7.70. The fraction of sp³-hybridized carbons (Fsp3) is 0.576. The summed E-state index contributed by atoms with van der Waals surface area (Å²) >= 11 is 0. The maximum atomic E-state index is 4.64. The van der Waals surface area contributed by atoms with E-state index in [1.54, 1.807) is 0 Å². The lowest BCUT2D eigenvalue weighted by atomic mass is 9.70. The molecule has 0 amide bonds. The molecule has 1 rings (SSSR count). The predicted molar refractivity (Wildman–Crippen MR) is 155 cm³/mol. The molecule has 2 unspecified atom stereocenters. The molecule has 0 spiro atoms. The van der Waals surface area contributed by atoms with Crippen molar-refractivity contribution in [2.45, 2.75) is 87.1 Å². The molecular weight excluding hydrogens is 410 g/mol. The van der Waals surface area contributed by atoms with E-state index in [4.69, 9.17) is 0 Å². The molecular formula is C33H54N+. The predicted octanol–water partition coefficient (Wildman–Crippen LogP) is 9.59. The highest BCUT2D eigenvalue weighted by molar-refractivity contribution is 5.39. The summed E-state index contributed by atoms with van der Waals surface area (Å²) in [5.74, 6) is 1.31. The van der Waals surface area contributed by atoms with Crippen LogP contribution in [-0.2, 0) is 0 Å². The van der Waals surface area contributed by atoms with Crippen LogP contribution in [0.1, 0.15) is 81.1 Å². The van der Waals surface area contributed by atoms with Crippen molar-refractivity contribution >= 4 is 0 Å². The largest absolute Gasteiger partial charge is 0.296 e. The van der Waals surface area contributed by atoms with E-state index in [2.05, 4.69) is 137 Å². The summed E-state index contributed by atoms with van der Waals surface area (Å²) in [5.41, 5.74) is 4.04. The Morgan fingerprint density at radius 1 is 1.12 bits per heavy atom. The molecule has 0 fully saturated rings. The number of quaternary nitrogens is 1. The van der Waals surface area contributed by atoms with E-state index in [9.17, 15) is 0 Å². The van der Waals surface area contributed by atoms with Crippen LogP contribution < -0.4 is 0 Å². The van der Waals surface area contributed by atoms with Crippen molar-refractivity contribution in [1.29, 1.82) is 0 Å². The number of hydrogen-bond acceptors (Lipinski definition) is 0. The lowest BCUT2D eigenvalue weighted by molar-refractivity contribution is -0.868. The number of hydrogen-bond donors (Lipinski definition) is 0. The van der Waals surface area contributed by atoms with Gasteiger partial charge in [0.25, 0.3) is 0 Å². The van der Waals surface area contributed by atoms with Gasteiger partial charge in [-0.15, -0.1) is 0 Å². The van der Waals surface area contributed by atoms with E-state index in [1.807, 2.05) is 0 Å². The Morgan fingerprint density at radius 3 is 2.35 bits per heavy atom. The van der Waals surface area contributed by atoms with Crippen LogP contribution in [0.2, 0.25) is 0 Å². The molecule has 0 radical (unpaired) electrons. The summed E-state index contributed by atoms with van der Waals surface area (Å²) in [5, 5.41) is 0. The van der Waals surface area contributed by atoms with Crippen molar-refractivity contribution in [3.8, 4) is 0 Å². The van der Waals surface area contributed by atoms with Gasteiger partial charge in [-0.1, -0.05) is 115 Å². The number of unbranched alkanes of at least 4 members (excludes halogenated alkanes) is 3. The van der Waals surface area contributed by atoms with Gasteiger partial charge < -0.3 is 0 Å². The standard InChI is InChI=1S/C33H54N/c1-12-14-15-16-19-24-34(10,11)32(33(8,9)26(3)4)28(6)22-23-30(13-2)31-21-18-17-20-27(5)25-29(31)7/h13,17-27,31-32H,6,12,14-16H2,1-5,7-11H3/q+1/b20-17-,21-18-,23-22-,24-19-,29-25?,30-13+/t27?,31?,32-/m1/s1. The summed E-state index contributed by atoms with van der Waals surface area (Å²) < 4.78 is 0.816. The fourth-order valence-electron chi connectivity index (χ4n) is 5.21. The molecule has 190 valence electrons. The second kappa shape index (κ2) is 13.9. The first-order valence-electron chi connectivity index (χ1n) is 13.5. The van der Waals surface area contributed by atoms with Gasteiger partial charge in [0, 0.05) is 16.9 Å². The van der Waals surface area contributed by atoms with Gasteiger partial charge in [0.1, 0.15) is 6.04 Å². The Labute approximate surface area is 213 Å². The topological polar surface area (TPSA) is 0 Å². The Kier molecular flexibility index (Phi) is 12.3. The van der Waals surface area contributed by atoms with Crippen molar-refractivity contribution in [1.82, 2.24) is 0 Å². The molecule has 0 aromatic carbocycles. The second-order valence-electron chi connectivity index (χ2n) is 11.6. The Balaban J connectivity index is 3.26. The van der Waals surface area contributed by atoms with Crippen molar-refractivity contribution in [3.05, 3.63) is 84.2 Å². The van der Waals surface area contributed by atoms with Crippen molar-refractivity contribution in [3.63, 3.8) is 0 Å². The lowest BCUT2D eigenvalue weighted by Crippen LogP contribution is -2.54. The van der Waals surface area contributed by atoms with E-state index in [0.29, 0.717) is 17.8 Å². The minimum absolute atomic E-state index is 0.102. The Bertz CT molecular complexity index is 823. The highest BCUT2D eigenvalue weighted by Crippen LogP contribution is 2.40. The molecule has 0 aliphatic heterocycles. The van der Waals surface area contributed by atoms with Gasteiger partial charge in [0.05, 0.1) is 20.3 Å². The molecule has 1 nitrogen and oxygen atoms in total. The summed E-state index contributed by atoms with van der Waals surface area (Å²) in [6.07, 6.45) is 27.9. The fourth-order valence-corrected chi connectivity index (χ4v) is 5.21. The zero-order chi connectivity index (χ0) is 25.9. The van der Waals surface area contributed by atoms with E-state index < -0.39 is 0 Å². The smallest absolute Gasteiger partial charge is 0.123 e. The van der Waals surface area contributed by atoms with Gasteiger partial charge in [-0.25, -0.2) is 0 Å². The van der Waals surface area contributed by atoms with Crippen molar-refractivity contribution < 1.29 is 4.48 Å². The Hall–Kier alpha value is -1.86. The van der Waals surface area contributed by atoms with E-state index >= 15 is 0 Å². The number of nitrogens with zero attached hydrogens (tertiary/aromatic N) is 1. The molecule has 1 aliphatic rings. The van der Waals surface area contributed by atoms with Crippen LogP contribution in [-0.4, -0.2) is 24.6 Å². The van der Waals surface area contributed by atoms with Crippen molar-refractivity contribution in [2.75, 3.05) is 14.1 Å². The van der Waals surface area contributed by atoms with Crippen LogP contribution in [0.3, 0.4) is 0 Å². The highest BCUT2D eigenvalue weighted by atomic mass is 15.3. The third kappa shape index (κ3) is 8.73. The van der Waals surface area contributed by atoms with Gasteiger partial charge in [0.2, 0.25) is 0 Å². The molecule has 0 aromatic rings. The minimum atomic E-state index is 0.102. The van der Waals surface area contributed by atoms with Crippen LogP contribution >= 0.6 is 0 Å². The van der Waals surface area contributed by atoms with E-state index in [-0.39, 0.29) is 11.5 Å². The maximum absolute atomic E-state index is 4.64. The van der Waals surface area contributed by atoms with Gasteiger partial charge >= 0.3 is 0 Å². The number of rotatable bonds is 12. The van der Waals surface area contributed by atoms with Gasteiger partial charge in [-0.2, -0.15) is 0 Å². The molecule has 0 N–H and O–H groups in total. The molecule has 0 bridgehead atoms. The van der Waals surface area contributed by atoms with Crippen molar-refractivity contribution in [2.24, 2.45) is 23.2 Å².